The van der Waals surface area contributed by atoms with Crippen molar-refractivity contribution in [1.29, 1.82) is 0 Å². The number of carbonyl (C=O) groups excluding carboxylic acids is 2. The number of hydrogen-bond acceptors (Lipinski definition) is 6. The van der Waals surface area contributed by atoms with E-state index in [9.17, 15) is 9.59 Å². The van der Waals surface area contributed by atoms with E-state index < -0.39 is 0 Å². The van der Waals surface area contributed by atoms with E-state index in [2.05, 4.69) is 35.0 Å². The van der Waals surface area contributed by atoms with Gasteiger partial charge in [-0.25, -0.2) is 4.79 Å². The molecule has 1 saturated heterocycles. The van der Waals surface area contributed by atoms with Crippen LogP contribution in [0, 0.1) is 5.41 Å². The van der Waals surface area contributed by atoms with Crippen molar-refractivity contribution in [2.75, 3.05) is 70.8 Å². The van der Waals surface area contributed by atoms with Gasteiger partial charge < -0.3 is 24.8 Å². The summed E-state index contributed by atoms with van der Waals surface area (Å²) in [5.74, 6) is 0.240. The third kappa shape index (κ3) is 5.45. The van der Waals surface area contributed by atoms with E-state index in [1.165, 1.54) is 0 Å². The molecule has 0 unspecified atom stereocenters. The second-order valence-corrected chi connectivity index (χ2v) is 11.4. The van der Waals surface area contributed by atoms with E-state index in [4.69, 9.17) is 4.74 Å². The smallest absolute Gasteiger partial charge is 0.321 e. The number of fused-ring (bicyclic) bond motifs is 1. The van der Waals surface area contributed by atoms with Crippen molar-refractivity contribution in [3.8, 4) is 11.1 Å². The third-order valence-electron chi connectivity index (χ3n) is 6.47. The first-order chi connectivity index (χ1) is 16.1. The van der Waals surface area contributed by atoms with Crippen molar-refractivity contribution in [3.05, 3.63) is 34.7 Å². The molecule has 2 aliphatic rings. The molecule has 7 nitrogen and oxygen atoms in total. The number of nitrogens with one attached hydrogen (secondary N) is 1. The SMILES string of the molecule is CN(C)CCN(C)C(=O)Nc1cccc(-c2c(N3CCOCC3)sc3c2CC(C)(C)CC3=O)c1. The predicted molar refractivity (Wildman–Crippen MR) is 139 cm³/mol. The maximum absolute atomic E-state index is 13.1. The number of morpholine rings is 1. The van der Waals surface area contributed by atoms with E-state index in [0.29, 0.717) is 26.2 Å². The van der Waals surface area contributed by atoms with Crippen molar-refractivity contribution in [2.45, 2.75) is 26.7 Å². The van der Waals surface area contributed by atoms with Gasteiger partial charge in [-0.05, 0) is 49.2 Å². The number of carbonyl (C=O) groups is 2. The second-order valence-electron chi connectivity index (χ2n) is 10.4. The summed E-state index contributed by atoms with van der Waals surface area (Å²) in [5, 5.41) is 4.19. The number of hydrogen-bond donors (Lipinski definition) is 1. The summed E-state index contributed by atoms with van der Waals surface area (Å²) in [7, 11) is 5.80. The van der Waals surface area contributed by atoms with Crippen LogP contribution in [0.5, 0.6) is 0 Å². The molecule has 8 heteroatoms. The number of rotatable bonds is 6. The van der Waals surface area contributed by atoms with Crippen LogP contribution in [-0.4, -0.2) is 82.1 Å². The van der Waals surface area contributed by atoms with Crippen LogP contribution in [0.15, 0.2) is 24.3 Å². The molecule has 1 aromatic carbocycles. The van der Waals surface area contributed by atoms with Crippen molar-refractivity contribution in [1.82, 2.24) is 9.80 Å². The van der Waals surface area contributed by atoms with Gasteiger partial charge in [0, 0.05) is 50.9 Å². The largest absolute Gasteiger partial charge is 0.378 e. The summed E-state index contributed by atoms with van der Waals surface area (Å²) in [6, 6.07) is 7.90. The van der Waals surface area contributed by atoms with Crippen LogP contribution in [0.4, 0.5) is 15.5 Å². The van der Waals surface area contributed by atoms with Gasteiger partial charge in [0.05, 0.1) is 23.1 Å². The Kier molecular flexibility index (Phi) is 7.31. The highest BCUT2D eigenvalue weighted by molar-refractivity contribution is 7.19. The number of Topliss-reactive ketones (excluding diaryl/α,β-unsaturated/α-hetero) is 1. The topological polar surface area (TPSA) is 65.1 Å². The van der Waals surface area contributed by atoms with Crippen LogP contribution in [0.2, 0.25) is 0 Å². The molecule has 1 aliphatic heterocycles. The zero-order valence-electron chi connectivity index (χ0n) is 20.9. The minimum atomic E-state index is -0.129. The summed E-state index contributed by atoms with van der Waals surface area (Å²) in [6.45, 7) is 8.81. The molecule has 4 rings (SSSR count). The summed E-state index contributed by atoms with van der Waals surface area (Å²) in [5.41, 5.74) is 4.02. The Bertz CT molecular complexity index is 1060. The molecule has 0 bridgehead atoms. The van der Waals surface area contributed by atoms with Gasteiger partial charge in [-0.1, -0.05) is 26.0 Å². The maximum atomic E-state index is 13.1. The molecule has 1 N–H and O–H groups in total. The Morgan fingerprint density at radius 1 is 1.15 bits per heavy atom. The van der Waals surface area contributed by atoms with Gasteiger partial charge in [0.2, 0.25) is 0 Å². The maximum Gasteiger partial charge on any atom is 0.321 e. The van der Waals surface area contributed by atoms with Gasteiger partial charge >= 0.3 is 6.03 Å². The normalized spacial score (nSPS) is 17.6. The Balaban J connectivity index is 1.68. The zero-order chi connectivity index (χ0) is 24.5. The molecule has 2 amide bonds. The van der Waals surface area contributed by atoms with Crippen LogP contribution in [0.1, 0.15) is 35.5 Å². The van der Waals surface area contributed by atoms with Gasteiger partial charge in [-0.2, -0.15) is 0 Å². The van der Waals surface area contributed by atoms with Gasteiger partial charge in [0.15, 0.2) is 5.78 Å². The molecular weight excluding hydrogens is 448 g/mol. The van der Waals surface area contributed by atoms with Crippen molar-refractivity contribution in [2.24, 2.45) is 5.41 Å². The molecule has 0 saturated carbocycles. The van der Waals surface area contributed by atoms with E-state index in [1.54, 1.807) is 16.2 Å². The Morgan fingerprint density at radius 3 is 2.59 bits per heavy atom. The summed E-state index contributed by atoms with van der Waals surface area (Å²) < 4.78 is 5.58. The quantitative estimate of drug-likeness (QED) is 0.657. The molecule has 34 heavy (non-hydrogen) atoms. The van der Waals surface area contributed by atoms with E-state index >= 15 is 0 Å². The van der Waals surface area contributed by atoms with Gasteiger partial charge in [-0.3, -0.25) is 4.79 Å². The van der Waals surface area contributed by atoms with Gasteiger partial charge in [0.25, 0.3) is 0 Å². The third-order valence-corrected chi connectivity index (χ3v) is 7.80. The van der Waals surface area contributed by atoms with Crippen LogP contribution in [0.3, 0.4) is 0 Å². The highest BCUT2D eigenvalue weighted by atomic mass is 32.1. The summed E-state index contributed by atoms with van der Waals surface area (Å²) in [4.78, 5) is 32.8. The number of ether oxygens (including phenoxy) is 1. The lowest BCUT2D eigenvalue weighted by atomic mass is 9.75. The molecule has 1 aromatic heterocycles. The number of ketones is 1. The number of anilines is 2. The van der Waals surface area contributed by atoms with E-state index in [1.807, 2.05) is 39.3 Å². The first kappa shape index (κ1) is 24.7. The van der Waals surface area contributed by atoms with Crippen molar-refractivity contribution < 1.29 is 14.3 Å². The molecule has 184 valence electrons. The number of thiophene rings is 1. The van der Waals surface area contributed by atoms with Crippen LogP contribution < -0.4 is 10.2 Å². The summed E-state index contributed by atoms with van der Waals surface area (Å²) >= 11 is 1.63. The Morgan fingerprint density at radius 2 is 1.88 bits per heavy atom. The van der Waals surface area contributed by atoms with E-state index in [-0.39, 0.29) is 17.2 Å². The molecule has 0 atom stereocenters. The monoisotopic (exact) mass is 484 g/mol. The van der Waals surface area contributed by atoms with Gasteiger partial charge in [-0.15, -0.1) is 11.3 Å². The highest BCUT2D eigenvalue weighted by Crippen LogP contribution is 2.49. The first-order valence-corrected chi connectivity index (χ1v) is 12.7. The molecule has 2 heterocycles. The average molecular weight is 485 g/mol. The summed E-state index contributed by atoms with van der Waals surface area (Å²) in [6.07, 6.45) is 1.45. The number of urea groups is 1. The minimum Gasteiger partial charge on any atom is -0.378 e. The lowest BCUT2D eigenvalue weighted by molar-refractivity contribution is 0.0918. The number of likely N-dealkylation sites (N-methyl/N-ethyl adjacent to an activating group) is 2. The Hall–Kier alpha value is -2.42. The lowest BCUT2D eigenvalue weighted by Gasteiger charge is -2.30. The molecule has 1 fully saturated rings. The van der Waals surface area contributed by atoms with Crippen LogP contribution >= 0.6 is 11.3 Å². The van der Waals surface area contributed by atoms with Crippen molar-refractivity contribution >= 4 is 33.8 Å². The lowest BCUT2D eigenvalue weighted by Crippen LogP contribution is -2.36. The minimum absolute atomic E-state index is 0.0663. The van der Waals surface area contributed by atoms with Gasteiger partial charge in [0.1, 0.15) is 0 Å². The molecule has 0 spiro atoms. The number of nitrogens with zero attached hydrogens (tertiary/aromatic N) is 3. The standard InChI is InChI=1S/C26H36N4O3S/c1-26(2)16-20-22(24(30-11-13-33-14-12-30)34-23(20)21(31)17-26)18-7-6-8-19(15-18)27-25(32)29(5)10-9-28(3)4/h6-8,15H,9-14,16-17H2,1-5H3,(H,27,32). The second kappa shape index (κ2) is 10.1. The molecule has 1 aliphatic carbocycles. The Labute approximate surface area is 206 Å². The zero-order valence-corrected chi connectivity index (χ0v) is 21.8. The first-order valence-electron chi connectivity index (χ1n) is 11.9. The molecule has 2 aromatic rings. The molecule has 0 radical (unpaired) electrons. The fraction of sp³-hybridized carbons (Fsp3) is 0.538. The highest BCUT2D eigenvalue weighted by Gasteiger charge is 2.37. The predicted octanol–water partition coefficient (Wildman–Crippen LogP) is 4.43. The van der Waals surface area contributed by atoms with Crippen LogP contribution in [-0.2, 0) is 11.2 Å². The average Bonchev–Trinajstić information content (AvgIpc) is 3.16. The number of amides is 2. The number of benzene rings is 1. The van der Waals surface area contributed by atoms with E-state index in [0.717, 1.165) is 58.3 Å². The van der Waals surface area contributed by atoms with Crippen molar-refractivity contribution in [3.63, 3.8) is 0 Å². The van der Waals surface area contributed by atoms with Crippen LogP contribution in [0.25, 0.3) is 11.1 Å². The molecular formula is C26H36N4O3S. The fourth-order valence-electron chi connectivity index (χ4n) is 4.61. The fourth-order valence-corrected chi connectivity index (χ4v) is 5.94.